The molecule has 140 valence electrons. The third-order valence-electron chi connectivity index (χ3n) is 4.39. The fourth-order valence-corrected chi connectivity index (χ4v) is 3.64. The van der Waals surface area contributed by atoms with Crippen LogP contribution in [0.25, 0.3) is 11.4 Å². The van der Waals surface area contributed by atoms with Gasteiger partial charge < -0.3 is 14.8 Å². The van der Waals surface area contributed by atoms with Crippen molar-refractivity contribution in [3.63, 3.8) is 0 Å². The summed E-state index contributed by atoms with van der Waals surface area (Å²) in [5.74, 6) is 2.32. The van der Waals surface area contributed by atoms with Crippen LogP contribution < -0.4 is 14.8 Å². The predicted octanol–water partition coefficient (Wildman–Crippen LogP) is 3.03. The number of hydrogen-bond donors (Lipinski definition) is 2. The van der Waals surface area contributed by atoms with Gasteiger partial charge >= 0.3 is 0 Å². The Morgan fingerprint density at radius 2 is 1.88 bits per heavy atom. The van der Waals surface area contributed by atoms with Crippen molar-refractivity contribution in [2.45, 2.75) is 43.3 Å². The van der Waals surface area contributed by atoms with E-state index in [2.05, 4.69) is 20.5 Å². The predicted molar refractivity (Wildman–Crippen MR) is 101 cm³/mol. The number of aromatic amines is 1. The molecule has 0 radical (unpaired) electrons. The summed E-state index contributed by atoms with van der Waals surface area (Å²) in [6.45, 7) is 0. The summed E-state index contributed by atoms with van der Waals surface area (Å²) in [5.41, 5.74) is 0.812. The molecule has 2 aromatic rings. The monoisotopic (exact) mass is 376 g/mol. The van der Waals surface area contributed by atoms with Gasteiger partial charge in [-0.3, -0.25) is 9.89 Å². The second-order valence-electron chi connectivity index (χ2n) is 6.26. The third kappa shape index (κ3) is 4.91. The molecule has 3 rings (SSSR count). The second-order valence-corrected chi connectivity index (χ2v) is 7.20. The van der Waals surface area contributed by atoms with Crippen LogP contribution in [0.2, 0.25) is 0 Å². The summed E-state index contributed by atoms with van der Waals surface area (Å²) in [7, 11) is 3.20. The molecule has 1 amide bonds. The lowest BCUT2D eigenvalue weighted by Crippen LogP contribution is -2.37. The lowest BCUT2D eigenvalue weighted by atomic mass is 9.95. The van der Waals surface area contributed by atoms with Crippen molar-refractivity contribution in [3.05, 3.63) is 18.2 Å². The summed E-state index contributed by atoms with van der Waals surface area (Å²) >= 11 is 1.32. The minimum atomic E-state index is 0.0382. The highest BCUT2D eigenvalue weighted by Crippen LogP contribution is 2.28. The Hall–Kier alpha value is -2.22. The normalized spacial score (nSPS) is 14.8. The first kappa shape index (κ1) is 18.6. The van der Waals surface area contributed by atoms with E-state index in [0.717, 1.165) is 18.4 Å². The van der Waals surface area contributed by atoms with Crippen LogP contribution in [-0.2, 0) is 4.79 Å². The number of methoxy groups -OCH3 is 2. The van der Waals surface area contributed by atoms with Gasteiger partial charge in [-0.15, -0.1) is 5.10 Å². The fourth-order valence-electron chi connectivity index (χ4n) is 3.03. The highest BCUT2D eigenvalue weighted by molar-refractivity contribution is 7.99. The Bertz CT molecular complexity index is 722. The van der Waals surface area contributed by atoms with Crippen molar-refractivity contribution in [2.24, 2.45) is 0 Å². The molecular weight excluding hydrogens is 352 g/mol. The van der Waals surface area contributed by atoms with Crippen molar-refractivity contribution in [2.75, 3.05) is 20.0 Å². The number of H-pyrrole nitrogens is 1. The van der Waals surface area contributed by atoms with Crippen LogP contribution in [0.4, 0.5) is 0 Å². The van der Waals surface area contributed by atoms with Gasteiger partial charge in [0, 0.05) is 17.7 Å². The van der Waals surface area contributed by atoms with Gasteiger partial charge in [0.1, 0.15) is 11.5 Å². The van der Waals surface area contributed by atoms with Gasteiger partial charge in [0.15, 0.2) is 5.82 Å². The van der Waals surface area contributed by atoms with Gasteiger partial charge in [0.25, 0.3) is 0 Å². The molecule has 1 saturated carbocycles. The number of amides is 1. The molecule has 0 saturated heterocycles. The molecule has 1 fully saturated rings. The molecule has 0 bridgehead atoms. The molecular formula is C18H24N4O3S. The van der Waals surface area contributed by atoms with Gasteiger partial charge in [0.2, 0.25) is 11.1 Å². The van der Waals surface area contributed by atoms with E-state index >= 15 is 0 Å². The Morgan fingerprint density at radius 3 is 2.54 bits per heavy atom. The molecule has 0 aliphatic heterocycles. The van der Waals surface area contributed by atoms with Crippen LogP contribution in [0.15, 0.2) is 23.4 Å². The molecule has 1 aromatic heterocycles. The number of nitrogens with zero attached hydrogens (tertiary/aromatic N) is 2. The largest absolute Gasteiger partial charge is 0.497 e. The van der Waals surface area contributed by atoms with E-state index in [9.17, 15) is 4.79 Å². The van der Waals surface area contributed by atoms with E-state index in [1.54, 1.807) is 20.3 Å². The SMILES string of the molecule is COc1cc(OC)cc(-c2nc(SCC(=O)NC3CCCCC3)n[nH]2)c1. The average molecular weight is 376 g/mol. The Kier molecular flexibility index (Phi) is 6.38. The average Bonchev–Trinajstić information content (AvgIpc) is 3.16. The van der Waals surface area contributed by atoms with Gasteiger partial charge in [-0.2, -0.15) is 0 Å². The molecule has 1 heterocycles. The first-order chi connectivity index (χ1) is 12.7. The van der Waals surface area contributed by atoms with E-state index in [1.807, 2.05) is 12.1 Å². The Morgan fingerprint density at radius 1 is 1.19 bits per heavy atom. The topological polar surface area (TPSA) is 89.1 Å². The summed E-state index contributed by atoms with van der Waals surface area (Å²) in [5, 5.41) is 10.7. The zero-order valence-corrected chi connectivity index (χ0v) is 15.9. The second kappa shape index (κ2) is 8.93. The van der Waals surface area contributed by atoms with Crippen LogP contribution in [0.5, 0.6) is 11.5 Å². The zero-order valence-electron chi connectivity index (χ0n) is 15.1. The van der Waals surface area contributed by atoms with Crippen LogP contribution in [0, 0.1) is 0 Å². The summed E-state index contributed by atoms with van der Waals surface area (Å²) in [4.78, 5) is 16.6. The zero-order chi connectivity index (χ0) is 18.4. The maximum absolute atomic E-state index is 12.1. The smallest absolute Gasteiger partial charge is 0.230 e. The van der Waals surface area contributed by atoms with Crippen LogP contribution >= 0.6 is 11.8 Å². The van der Waals surface area contributed by atoms with Crippen molar-refractivity contribution in [3.8, 4) is 22.9 Å². The van der Waals surface area contributed by atoms with Crippen molar-refractivity contribution < 1.29 is 14.3 Å². The first-order valence-electron chi connectivity index (χ1n) is 8.76. The number of thioether (sulfide) groups is 1. The number of aromatic nitrogens is 3. The maximum atomic E-state index is 12.1. The molecule has 0 spiro atoms. The van der Waals surface area contributed by atoms with E-state index in [1.165, 1.54) is 31.0 Å². The Balaban J connectivity index is 1.58. The molecule has 0 unspecified atom stereocenters. The number of hydrogen-bond acceptors (Lipinski definition) is 6. The summed E-state index contributed by atoms with van der Waals surface area (Å²) in [6.07, 6.45) is 5.84. The summed E-state index contributed by atoms with van der Waals surface area (Å²) < 4.78 is 10.6. The molecule has 1 aliphatic rings. The molecule has 26 heavy (non-hydrogen) atoms. The summed E-state index contributed by atoms with van der Waals surface area (Å²) in [6, 6.07) is 5.83. The Labute approximate surface area is 157 Å². The lowest BCUT2D eigenvalue weighted by Gasteiger charge is -2.22. The molecule has 1 aromatic carbocycles. The first-order valence-corrected chi connectivity index (χ1v) is 9.74. The minimum Gasteiger partial charge on any atom is -0.497 e. The maximum Gasteiger partial charge on any atom is 0.230 e. The van der Waals surface area contributed by atoms with E-state index < -0.39 is 0 Å². The molecule has 2 N–H and O–H groups in total. The number of benzene rings is 1. The van der Waals surface area contributed by atoms with E-state index in [0.29, 0.717) is 34.3 Å². The quantitative estimate of drug-likeness (QED) is 0.722. The standard InChI is InChI=1S/C18H24N4O3S/c1-24-14-8-12(9-15(10-14)25-2)17-20-18(22-21-17)26-11-16(23)19-13-6-4-3-5-7-13/h8-10,13H,3-7,11H2,1-2H3,(H,19,23)(H,20,21,22). The number of nitrogens with one attached hydrogen (secondary N) is 2. The lowest BCUT2D eigenvalue weighted by molar-refractivity contribution is -0.119. The van der Waals surface area contributed by atoms with E-state index in [4.69, 9.17) is 9.47 Å². The van der Waals surface area contributed by atoms with Crippen LogP contribution in [-0.4, -0.2) is 47.1 Å². The van der Waals surface area contributed by atoms with Gasteiger partial charge in [-0.25, -0.2) is 4.98 Å². The highest BCUT2D eigenvalue weighted by Gasteiger charge is 2.16. The van der Waals surface area contributed by atoms with Crippen molar-refractivity contribution in [1.29, 1.82) is 0 Å². The molecule has 0 atom stereocenters. The molecule has 8 heteroatoms. The van der Waals surface area contributed by atoms with Gasteiger partial charge in [-0.1, -0.05) is 31.0 Å². The third-order valence-corrected chi connectivity index (χ3v) is 5.24. The highest BCUT2D eigenvalue weighted by atomic mass is 32.2. The number of carbonyl (C=O) groups excluding carboxylic acids is 1. The fraction of sp³-hybridized carbons (Fsp3) is 0.500. The number of carbonyl (C=O) groups is 1. The van der Waals surface area contributed by atoms with Gasteiger partial charge in [0.05, 0.1) is 20.0 Å². The molecule has 7 nitrogen and oxygen atoms in total. The number of ether oxygens (including phenoxy) is 2. The van der Waals surface area contributed by atoms with Crippen LogP contribution in [0.3, 0.4) is 0 Å². The van der Waals surface area contributed by atoms with Crippen LogP contribution in [0.1, 0.15) is 32.1 Å². The van der Waals surface area contributed by atoms with E-state index in [-0.39, 0.29) is 5.91 Å². The van der Waals surface area contributed by atoms with Crippen molar-refractivity contribution in [1.82, 2.24) is 20.5 Å². The number of rotatable bonds is 7. The molecule has 1 aliphatic carbocycles. The van der Waals surface area contributed by atoms with Gasteiger partial charge in [-0.05, 0) is 25.0 Å². The minimum absolute atomic E-state index is 0.0382. The van der Waals surface area contributed by atoms with Crippen molar-refractivity contribution >= 4 is 17.7 Å².